The SMILES string of the molecule is COc1ccc(C2NC(=O)C(O)=C2C(=O)c2cccs2)c(OC)c1. The first-order chi connectivity index (χ1) is 11.6. The molecule has 0 bridgehead atoms. The van der Waals surface area contributed by atoms with Crippen LogP contribution in [0.25, 0.3) is 0 Å². The Balaban J connectivity index is 2.07. The molecule has 0 aliphatic carbocycles. The molecule has 1 amide bonds. The molecule has 24 heavy (non-hydrogen) atoms. The number of ketones is 1. The minimum absolute atomic E-state index is 0.0194. The number of aliphatic hydroxyl groups is 1. The molecule has 1 aromatic carbocycles. The van der Waals surface area contributed by atoms with Crippen LogP contribution in [0, 0.1) is 0 Å². The molecule has 2 N–H and O–H groups in total. The maximum Gasteiger partial charge on any atom is 0.287 e. The van der Waals surface area contributed by atoms with Crippen LogP contribution >= 0.6 is 11.3 Å². The summed E-state index contributed by atoms with van der Waals surface area (Å²) < 4.78 is 10.5. The van der Waals surface area contributed by atoms with Gasteiger partial charge < -0.3 is 19.9 Å². The molecule has 0 spiro atoms. The quantitative estimate of drug-likeness (QED) is 0.814. The van der Waals surface area contributed by atoms with Crippen molar-refractivity contribution >= 4 is 23.0 Å². The van der Waals surface area contributed by atoms with E-state index in [0.29, 0.717) is 21.9 Å². The topological polar surface area (TPSA) is 84.9 Å². The van der Waals surface area contributed by atoms with Gasteiger partial charge in [0.2, 0.25) is 5.78 Å². The van der Waals surface area contributed by atoms with Gasteiger partial charge in [0.05, 0.1) is 30.7 Å². The molecular formula is C17H15NO5S. The highest BCUT2D eigenvalue weighted by atomic mass is 32.1. The van der Waals surface area contributed by atoms with Crippen LogP contribution < -0.4 is 14.8 Å². The fourth-order valence-corrected chi connectivity index (χ4v) is 3.28. The van der Waals surface area contributed by atoms with Crippen molar-refractivity contribution in [3.05, 3.63) is 57.5 Å². The standard InChI is InChI=1S/C17H15NO5S/c1-22-9-5-6-10(11(8-9)23-2)14-13(16(20)17(21)18-14)15(19)12-4-3-7-24-12/h3-8,14,20H,1-2H3,(H,18,21). The number of benzene rings is 1. The highest BCUT2D eigenvalue weighted by Crippen LogP contribution is 2.38. The van der Waals surface area contributed by atoms with Crippen LogP contribution in [-0.2, 0) is 4.79 Å². The van der Waals surface area contributed by atoms with E-state index in [4.69, 9.17) is 9.47 Å². The number of nitrogens with one attached hydrogen (secondary N) is 1. The van der Waals surface area contributed by atoms with Crippen molar-refractivity contribution in [1.82, 2.24) is 5.32 Å². The van der Waals surface area contributed by atoms with E-state index in [1.54, 1.807) is 35.7 Å². The van der Waals surface area contributed by atoms with E-state index in [1.807, 2.05) is 0 Å². The molecule has 0 radical (unpaired) electrons. The van der Waals surface area contributed by atoms with Crippen LogP contribution in [0.4, 0.5) is 0 Å². The van der Waals surface area contributed by atoms with Gasteiger partial charge >= 0.3 is 0 Å². The van der Waals surface area contributed by atoms with Gasteiger partial charge in [0.1, 0.15) is 11.5 Å². The molecule has 124 valence electrons. The average molecular weight is 345 g/mol. The van der Waals surface area contributed by atoms with Crippen molar-refractivity contribution in [2.75, 3.05) is 14.2 Å². The summed E-state index contributed by atoms with van der Waals surface area (Å²) >= 11 is 1.25. The predicted octanol–water partition coefficient (Wildman–Crippen LogP) is 2.63. The van der Waals surface area contributed by atoms with Crippen molar-refractivity contribution in [2.24, 2.45) is 0 Å². The van der Waals surface area contributed by atoms with Crippen molar-refractivity contribution in [3.8, 4) is 11.5 Å². The third-order valence-electron chi connectivity index (χ3n) is 3.78. The summed E-state index contributed by atoms with van der Waals surface area (Å²) in [6, 6.07) is 7.66. The van der Waals surface area contributed by atoms with Crippen LogP contribution in [-0.4, -0.2) is 31.0 Å². The smallest absolute Gasteiger partial charge is 0.287 e. The van der Waals surface area contributed by atoms with E-state index >= 15 is 0 Å². The molecule has 1 aliphatic rings. The number of carbonyl (C=O) groups is 2. The van der Waals surface area contributed by atoms with Crippen LogP contribution in [0.2, 0.25) is 0 Å². The number of amides is 1. The van der Waals surface area contributed by atoms with Crippen molar-refractivity contribution in [1.29, 1.82) is 0 Å². The fraction of sp³-hybridized carbons (Fsp3) is 0.176. The number of aliphatic hydroxyl groups excluding tert-OH is 1. The monoisotopic (exact) mass is 345 g/mol. The first kappa shape index (κ1) is 16.1. The van der Waals surface area contributed by atoms with E-state index in [-0.39, 0.29) is 11.4 Å². The molecule has 7 heteroatoms. The van der Waals surface area contributed by atoms with Crippen molar-refractivity contribution in [2.45, 2.75) is 6.04 Å². The third-order valence-corrected chi connectivity index (χ3v) is 4.64. The Morgan fingerprint density at radius 3 is 2.67 bits per heavy atom. The zero-order valence-corrected chi connectivity index (χ0v) is 13.8. The van der Waals surface area contributed by atoms with Gasteiger partial charge in [-0.1, -0.05) is 6.07 Å². The van der Waals surface area contributed by atoms with Gasteiger partial charge in [0, 0.05) is 11.6 Å². The van der Waals surface area contributed by atoms with Crippen LogP contribution in [0.3, 0.4) is 0 Å². The van der Waals surface area contributed by atoms with Gasteiger partial charge in [-0.3, -0.25) is 9.59 Å². The Labute approximate surface area is 142 Å². The van der Waals surface area contributed by atoms with Crippen molar-refractivity contribution in [3.63, 3.8) is 0 Å². The molecule has 1 aliphatic heterocycles. The normalized spacial score (nSPS) is 16.9. The first-order valence-corrected chi connectivity index (χ1v) is 7.99. The van der Waals surface area contributed by atoms with E-state index in [2.05, 4.69) is 5.32 Å². The second-order valence-electron chi connectivity index (χ2n) is 5.08. The molecule has 1 unspecified atom stereocenters. The van der Waals surface area contributed by atoms with Gasteiger partial charge in [-0.25, -0.2) is 0 Å². The number of hydrogen-bond donors (Lipinski definition) is 2. The summed E-state index contributed by atoms with van der Waals surface area (Å²) in [5.74, 6) is -0.595. The minimum Gasteiger partial charge on any atom is -0.503 e. The first-order valence-electron chi connectivity index (χ1n) is 7.11. The van der Waals surface area contributed by atoms with Gasteiger partial charge in [-0.05, 0) is 23.6 Å². The Kier molecular flexibility index (Phi) is 4.26. The van der Waals surface area contributed by atoms with E-state index in [9.17, 15) is 14.7 Å². The number of ether oxygens (including phenoxy) is 2. The lowest BCUT2D eigenvalue weighted by atomic mass is 9.95. The van der Waals surface area contributed by atoms with Gasteiger partial charge in [0.15, 0.2) is 5.76 Å². The van der Waals surface area contributed by atoms with Gasteiger partial charge in [-0.15, -0.1) is 11.3 Å². The second kappa shape index (κ2) is 6.37. The Bertz CT molecular complexity index is 826. The lowest BCUT2D eigenvalue weighted by molar-refractivity contribution is -0.119. The Hall–Kier alpha value is -2.80. The number of rotatable bonds is 5. The predicted molar refractivity (Wildman–Crippen MR) is 88.7 cm³/mol. The summed E-state index contributed by atoms with van der Waals surface area (Å²) in [4.78, 5) is 25.1. The van der Waals surface area contributed by atoms with Crippen LogP contribution in [0.15, 0.2) is 47.0 Å². The van der Waals surface area contributed by atoms with Gasteiger partial charge in [0.25, 0.3) is 5.91 Å². The minimum atomic E-state index is -0.784. The van der Waals surface area contributed by atoms with Crippen molar-refractivity contribution < 1.29 is 24.2 Å². The molecule has 6 nitrogen and oxygen atoms in total. The highest BCUT2D eigenvalue weighted by Gasteiger charge is 2.39. The number of Topliss-reactive ketones (excluding diaryl/α,β-unsaturated/α-hetero) is 1. The Morgan fingerprint density at radius 1 is 1.25 bits per heavy atom. The summed E-state index contributed by atoms with van der Waals surface area (Å²) in [6.45, 7) is 0. The summed E-state index contributed by atoms with van der Waals surface area (Å²) in [5.41, 5.74) is 0.585. The number of carbonyl (C=O) groups excluding carboxylic acids is 2. The molecule has 1 atom stereocenters. The van der Waals surface area contributed by atoms with Crippen LogP contribution in [0.5, 0.6) is 11.5 Å². The zero-order valence-electron chi connectivity index (χ0n) is 13.0. The lowest BCUT2D eigenvalue weighted by Crippen LogP contribution is -2.24. The zero-order chi connectivity index (χ0) is 17.3. The molecule has 0 saturated heterocycles. The largest absolute Gasteiger partial charge is 0.503 e. The average Bonchev–Trinajstić information content (AvgIpc) is 3.23. The molecule has 1 aromatic heterocycles. The maximum atomic E-state index is 12.7. The lowest BCUT2D eigenvalue weighted by Gasteiger charge is -2.18. The fourth-order valence-electron chi connectivity index (χ4n) is 2.60. The van der Waals surface area contributed by atoms with E-state index in [0.717, 1.165) is 0 Å². The van der Waals surface area contributed by atoms with Crippen LogP contribution in [0.1, 0.15) is 21.3 Å². The number of thiophene rings is 1. The molecule has 0 fully saturated rings. The molecule has 2 aromatic rings. The molecule has 2 heterocycles. The summed E-state index contributed by atoms with van der Waals surface area (Å²) in [6.07, 6.45) is 0. The van der Waals surface area contributed by atoms with Gasteiger partial charge in [-0.2, -0.15) is 0 Å². The van der Waals surface area contributed by atoms with E-state index in [1.165, 1.54) is 25.6 Å². The summed E-state index contributed by atoms with van der Waals surface area (Å²) in [7, 11) is 3.02. The highest BCUT2D eigenvalue weighted by molar-refractivity contribution is 7.12. The maximum absolute atomic E-state index is 12.7. The molecule has 0 saturated carbocycles. The molecular weight excluding hydrogens is 330 g/mol. The summed E-state index contributed by atoms with van der Waals surface area (Å²) in [5, 5.41) is 14.5. The third kappa shape index (κ3) is 2.63. The second-order valence-corrected chi connectivity index (χ2v) is 6.03. The van der Waals surface area contributed by atoms with E-state index < -0.39 is 17.7 Å². The molecule has 3 rings (SSSR count). The Morgan fingerprint density at radius 2 is 2.04 bits per heavy atom. The number of methoxy groups -OCH3 is 2. The number of hydrogen-bond acceptors (Lipinski definition) is 6.